The third-order valence-corrected chi connectivity index (χ3v) is 3.52. The topological polar surface area (TPSA) is 66.1 Å². The van der Waals surface area contributed by atoms with Gasteiger partial charge in [-0.05, 0) is 19.1 Å². The van der Waals surface area contributed by atoms with Crippen LogP contribution in [-0.2, 0) is 11.3 Å². The summed E-state index contributed by atoms with van der Waals surface area (Å²) in [5.41, 5.74) is 8.59. The van der Waals surface area contributed by atoms with Crippen LogP contribution in [0.1, 0.15) is 24.5 Å². The van der Waals surface area contributed by atoms with Gasteiger partial charge in [-0.25, -0.2) is 0 Å². The van der Waals surface area contributed by atoms with Crippen molar-refractivity contribution in [3.63, 3.8) is 0 Å². The Morgan fingerprint density at radius 2 is 2.26 bits per heavy atom. The van der Waals surface area contributed by atoms with Crippen molar-refractivity contribution in [1.82, 2.24) is 0 Å². The molecule has 0 amide bonds. The molecule has 0 fully saturated rings. The molecule has 5 nitrogen and oxygen atoms in total. The summed E-state index contributed by atoms with van der Waals surface area (Å²) in [6.45, 7) is 2.53. The molecule has 0 radical (unpaired) electrons. The third-order valence-electron chi connectivity index (χ3n) is 3.52. The first-order chi connectivity index (χ1) is 9.21. The van der Waals surface area contributed by atoms with E-state index in [1.165, 1.54) is 5.56 Å². The first-order valence-electron chi connectivity index (χ1n) is 6.52. The molecule has 3 rings (SSSR count). The molecule has 1 aromatic rings. The van der Waals surface area contributed by atoms with Crippen molar-refractivity contribution in [1.29, 1.82) is 0 Å². The molecule has 5 heteroatoms. The molecular formula is C14H18N2O3. The van der Waals surface area contributed by atoms with Gasteiger partial charge in [-0.1, -0.05) is 5.16 Å². The second-order valence-corrected chi connectivity index (χ2v) is 5.00. The second kappa shape index (κ2) is 4.74. The zero-order valence-electron chi connectivity index (χ0n) is 11.2. The minimum atomic E-state index is -0.0344. The molecule has 19 heavy (non-hydrogen) atoms. The van der Waals surface area contributed by atoms with Crippen LogP contribution < -0.4 is 15.2 Å². The molecule has 102 valence electrons. The van der Waals surface area contributed by atoms with Gasteiger partial charge < -0.3 is 20.0 Å². The largest absolute Gasteiger partial charge is 0.496 e. The Bertz CT molecular complexity index is 528. The van der Waals surface area contributed by atoms with Gasteiger partial charge in [-0.3, -0.25) is 0 Å². The first kappa shape index (κ1) is 12.3. The Morgan fingerprint density at radius 1 is 1.42 bits per heavy atom. The van der Waals surface area contributed by atoms with Crippen LogP contribution in [0.3, 0.4) is 0 Å². The number of hydrogen-bond donors (Lipinski definition) is 1. The average Bonchev–Trinajstić information content (AvgIpc) is 3.01. The van der Waals surface area contributed by atoms with Crippen molar-refractivity contribution in [3.05, 3.63) is 23.3 Å². The summed E-state index contributed by atoms with van der Waals surface area (Å²) in [5.74, 6) is 1.73. The van der Waals surface area contributed by atoms with Crippen LogP contribution in [0.25, 0.3) is 0 Å². The Morgan fingerprint density at radius 3 is 2.95 bits per heavy atom. The first-order valence-corrected chi connectivity index (χ1v) is 6.52. The molecule has 0 spiro atoms. The standard InChI is InChI=1S/C14H18N2O3/c1-8-3-9-4-14(17-2)11(6-13(9)18-8)12-5-10(7-15)19-16-12/h4,6,8,10H,3,5,7,15H2,1-2H3. The zero-order chi connectivity index (χ0) is 13.4. The number of nitrogens with two attached hydrogens (primary N) is 1. The highest BCUT2D eigenvalue weighted by Gasteiger charge is 2.27. The molecule has 2 aliphatic heterocycles. The summed E-state index contributed by atoms with van der Waals surface area (Å²) in [4.78, 5) is 5.28. The lowest BCUT2D eigenvalue weighted by atomic mass is 10.0. The Balaban J connectivity index is 1.96. The normalized spacial score (nSPS) is 24.5. The summed E-state index contributed by atoms with van der Waals surface area (Å²) in [6, 6.07) is 4.03. The van der Waals surface area contributed by atoms with Crippen LogP contribution in [0.15, 0.2) is 17.3 Å². The van der Waals surface area contributed by atoms with Crippen LogP contribution in [-0.4, -0.2) is 31.6 Å². The Hall–Kier alpha value is -1.75. The number of ether oxygens (including phenoxy) is 2. The van der Waals surface area contributed by atoms with Crippen molar-refractivity contribution in [3.8, 4) is 11.5 Å². The fourth-order valence-corrected chi connectivity index (χ4v) is 2.55. The number of rotatable bonds is 3. The van der Waals surface area contributed by atoms with Gasteiger partial charge in [0.25, 0.3) is 0 Å². The highest BCUT2D eigenvalue weighted by molar-refractivity contribution is 6.04. The van der Waals surface area contributed by atoms with Crippen molar-refractivity contribution in [2.24, 2.45) is 10.9 Å². The van der Waals surface area contributed by atoms with Crippen molar-refractivity contribution in [2.75, 3.05) is 13.7 Å². The monoisotopic (exact) mass is 262 g/mol. The fraction of sp³-hybridized carbons (Fsp3) is 0.500. The van der Waals surface area contributed by atoms with Crippen molar-refractivity contribution < 1.29 is 14.3 Å². The van der Waals surface area contributed by atoms with Crippen LogP contribution in [0.5, 0.6) is 11.5 Å². The van der Waals surface area contributed by atoms with Crippen LogP contribution >= 0.6 is 0 Å². The van der Waals surface area contributed by atoms with E-state index in [0.717, 1.165) is 29.2 Å². The van der Waals surface area contributed by atoms with E-state index in [2.05, 4.69) is 12.1 Å². The lowest BCUT2D eigenvalue weighted by molar-refractivity contribution is 0.0918. The van der Waals surface area contributed by atoms with Crippen LogP contribution in [0, 0.1) is 0 Å². The maximum atomic E-state index is 5.78. The van der Waals surface area contributed by atoms with E-state index in [9.17, 15) is 0 Å². The molecule has 0 bridgehead atoms. The van der Waals surface area contributed by atoms with Gasteiger partial charge in [-0.2, -0.15) is 0 Å². The lowest BCUT2D eigenvalue weighted by Gasteiger charge is -2.10. The highest BCUT2D eigenvalue weighted by atomic mass is 16.6. The number of fused-ring (bicyclic) bond motifs is 1. The van der Waals surface area contributed by atoms with Gasteiger partial charge in [0.15, 0.2) is 0 Å². The fourth-order valence-electron chi connectivity index (χ4n) is 2.55. The number of benzene rings is 1. The average molecular weight is 262 g/mol. The van der Waals surface area contributed by atoms with E-state index in [1.807, 2.05) is 12.1 Å². The van der Waals surface area contributed by atoms with Crippen LogP contribution in [0.4, 0.5) is 0 Å². The highest BCUT2D eigenvalue weighted by Crippen LogP contribution is 2.36. The smallest absolute Gasteiger partial charge is 0.145 e. The minimum Gasteiger partial charge on any atom is -0.496 e. The molecule has 2 heterocycles. The number of methoxy groups -OCH3 is 1. The minimum absolute atomic E-state index is 0.0344. The van der Waals surface area contributed by atoms with E-state index in [-0.39, 0.29) is 12.2 Å². The summed E-state index contributed by atoms with van der Waals surface area (Å²) in [5, 5.41) is 4.11. The van der Waals surface area contributed by atoms with E-state index < -0.39 is 0 Å². The molecule has 0 saturated heterocycles. The van der Waals surface area contributed by atoms with Gasteiger partial charge in [0, 0.05) is 30.5 Å². The summed E-state index contributed by atoms with van der Waals surface area (Å²) in [6.07, 6.45) is 1.81. The Kier molecular flexibility index (Phi) is 3.06. The number of nitrogens with zero attached hydrogens (tertiary/aromatic N) is 1. The molecule has 2 atom stereocenters. The van der Waals surface area contributed by atoms with Gasteiger partial charge in [0.2, 0.25) is 0 Å². The summed E-state index contributed by atoms with van der Waals surface area (Å²) < 4.78 is 11.2. The van der Waals surface area contributed by atoms with Crippen molar-refractivity contribution >= 4 is 5.71 Å². The molecule has 2 aliphatic rings. The van der Waals surface area contributed by atoms with Gasteiger partial charge in [0.1, 0.15) is 23.7 Å². The molecule has 2 unspecified atom stereocenters. The molecule has 0 aliphatic carbocycles. The van der Waals surface area contributed by atoms with E-state index >= 15 is 0 Å². The molecule has 0 aromatic heterocycles. The zero-order valence-corrected chi connectivity index (χ0v) is 11.2. The predicted octanol–water partition coefficient (Wildman–Crippen LogP) is 1.47. The van der Waals surface area contributed by atoms with E-state index in [4.69, 9.17) is 20.0 Å². The molecule has 2 N–H and O–H groups in total. The number of hydrogen-bond acceptors (Lipinski definition) is 5. The van der Waals surface area contributed by atoms with Gasteiger partial charge in [-0.15, -0.1) is 0 Å². The molecule has 0 saturated carbocycles. The van der Waals surface area contributed by atoms with Gasteiger partial charge >= 0.3 is 0 Å². The summed E-state index contributed by atoms with van der Waals surface area (Å²) >= 11 is 0. The Labute approximate surface area is 112 Å². The maximum absolute atomic E-state index is 5.78. The predicted molar refractivity (Wildman–Crippen MR) is 71.9 cm³/mol. The number of oxime groups is 1. The lowest BCUT2D eigenvalue weighted by Crippen LogP contribution is -2.20. The molecule has 1 aromatic carbocycles. The van der Waals surface area contributed by atoms with E-state index in [0.29, 0.717) is 13.0 Å². The summed E-state index contributed by atoms with van der Waals surface area (Å²) in [7, 11) is 1.67. The van der Waals surface area contributed by atoms with Crippen molar-refractivity contribution in [2.45, 2.75) is 32.0 Å². The van der Waals surface area contributed by atoms with E-state index in [1.54, 1.807) is 7.11 Å². The van der Waals surface area contributed by atoms with Crippen LogP contribution in [0.2, 0.25) is 0 Å². The maximum Gasteiger partial charge on any atom is 0.145 e. The van der Waals surface area contributed by atoms with Gasteiger partial charge in [0.05, 0.1) is 12.8 Å². The second-order valence-electron chi connectivity index (χ2n) is 5.00. The molecular weight excluding hydrogens is 244 g/mol. The third kappa shape index (κ3) is 2.14. The quantitative estimate of drug-likeness (QED) is 0.895. The SMILES string of the molecule is COc1cc2c(cc1C1=NOC(CN)C1)OC(C)C2.